The van der Waals surface area contributed by atoms with Crippen LogP contribution in [0.1, 0.15) is 10.4 Å². The summed E-state index contributed by atoms with van der Waals surface area (Å²) >= 11 is 0. The van der Waals surface area contributed by atoms with Gasteiger partial charge in [-0.15, -0.1) is 0 Å². The second kappa shape index (κ2) is 3.51. The second-order valence-electron chi connectivity index (χ2n) is 1.95. The van der Waals surface area contributed by atoms with Crippen molar-refractivity contribution in [1.29, 1.82) is 0 Å². The summed E-state index contributed by atoms with van der Waals surface area (Å²) in [5, 5.41) is 0. The summed E-state index contributed by atoms with van der Waals surface area (Å²) in [4.78, 5) is 14.4. The van der Waals surface area contributed by atoms with Gasteiger partial charge >= 0.3 is 0 Å². The number of benzene rings is 1. The molecule has 0 atom stereocenters. The van der Waals surface area contributed by atoms with Crippen LogP contribution in [0.2, 0.25) is 0 Å². The van der Waals surface area contributed by atoms with E-state index in [9.17, 15) is 4.79 Å². The molecular formula is C8H8N2O. The van der Waals surface area contributed by atoms with Crippen LogP contribution >= 0.6 is 0 Å². The molecular weight excluding hydrogens is 140 g/mol. The van der Waals surface area contributed by atoms with E-state index in [1.165, 1.54) is 0 Å². The number of carbonyl (C=O) groups excluding carboxylic acids is 1. The van der Waals surface area contributed by atoms with E-state index < -0.39 is 0 Å². The molecule has 0 aliphatic rings. The first kappa shape index (κ1) is 7.47. The Morgan fingerprint density at radius 3 is 2.55 bits per heavy atom. The van der Waals surface area contributed by atoms with E-state index in [2.05, 4.69) is 4.99 Å². The number of amides is 1. The quantitative estimate of drug-likeness (QED) is 0.473. The second-order valence-corrected chi connectivity index (χ2v) is 1.95. The van der Waals surface area contributed by atoms with Crippen molar-refractivity contribution in [3.63, 3.8) is 0 Å². The minimum atomic E-state index is -0.312. The van der Waals surface area contributed by atoms with Crippen molar-refractivity contribution in [1.82, 2.24) is 0 Å². The summed E-state index contributed by atoms with van der Waals surface area (Å²) in [6.45, 7) is 0. The lowest BCUT2D eigenvalue weighted by molar-refractivity contribution is 0.100. The van der Waals surface area contributed by atoms with E-state index in [0.29, 0.717) is 5.56 Å². The summed E-state index contributed by atoms with van der Waals surface area (Å²) in [7, 11) is 0. The zero-order valence-electron chi connectivity index (χ0n) is 5.90. The third-order valence-corrected chi connectivity index (χ3v) is 1.21. The predicted octanol–water partition coefficient (Wildman–Crippen LogP) is 0.814. The van der Waals surface area contributed by atoms with E-state index in [4.69, 9.17) is 5.73 Å². The van der Waals surface area contributed by atoms with Gasteiger partial charge in [-0.1, -0.05) is 18.2 Å². The van der Waals surface area contributed by atoms with Gasteiger partial charge < -0.3 is 5.73 Å². The smallest absolute Gasteiger partial charge is 0.278 e. The molecule has 1 aromatic rings. The molecule has 3 heteroatoms. The minimum Gasteiger partial charge on any atom is -0.390 e. The summed E-state index contributed by atoms with van der Waals surface area (Å²) in [5.41, 5.74) is 5.50. The number of nitrogens with zero attached hydrogens (tertiary/aromatic N) is 1. The van der Waals surface area contributed by atoms with Crippen molar-refractivity contribution < 1.29 is 4.79 Å². The average Bonchev–Trinajstić information content (AvgIpc) is 2.07. The molecule has 1 rings (SSSR count). The Morgan fingerprint density at radius 2 is 2.00 bits per heavy atom. The van der Waals surface area contributed by atoms with E-state index in [1.807, 2.05) is 6.07 Å². The molecule has 3 nitrogen and oxygen atoms in total. The molecule has 11 heavy (non-hydrogen) atoms. The van der Waals surface area contributed by atoms with Gasteiger partial charge in [-0.3, -0.25) is 4.79 Å². The fourth-order valence-electron chi connectivity index (χ4n) is 0.723. The molecule has 0 fully saturated rings. The van der Waals surface area contributed by atoms with Crippen LogP contribution in [0.3, 0.4) is 0 Å². The van der Waals surface area contributed by atoms with Gasteiger partial charge in [0.25, 0.3) is 5.91 Å². The van der Waals surface area contributed by atoms with Crippen LogP contribution in [0.25, 0.3) is 0 Å². The third-order valence-electron chi connectivity index (χ3n) is 1.21. The molecule has 0 bridgehead atoms. The maximum Gasteiger partial charge on any atom is 0.278 e. The number of nitrogens with two attached hydrogens (primary N) is 1. The van der Waals surface area contributed by atoms with Crippen LogP contribution in [0.15, 0.2) is 35.3 Å². The lowest BCUT2D eigenvalue weighted by Crippen LogP contribution is -1.98. The normalized spacial score (nSPS) is 10.2. The molecule has 0 aliphatic carbocycles. The fraction of sp³-hybridized carbons (Fsp3) is 0. The predicted molar refractivity (Wildman–Crippen MR) is 43.5 cm³/mol. The highest BCUT2D eigenvalue weighted by Crippen LogP contribution is 1.99. The summed E-state index contributed by atoms with van der Waals surface area (Å²) in [6.07, 6.45) is 0.995. The topological polar surface area (TPSA) is 55.4 Å². The Balaban J connectivity index is 2.86. The molecule has 0 unspecified atom stereocenters. The van der Waals surface area contributed by atoms with Crippen LogP contribution in [0.4, 0.5) is 0 Å². The van der Waals surface area contributed by atoms with Crippen LogP contribution in [-0.4, -0.2) is 12.2 Å². The lowest BCUT2D eigenvalue weighted by Gasteiger charge is -1.90. The Labute approximate surface area is 64.6 Å². The number of carbonyl (C=O) groups is 1. The van der Waals surface area contributed by atoms with Crippen LogP contribution in [-0.2, 0) is 0 Å². The number of hydrogen-bond acceptors (Lipinski definition) is 1. The van der Waals surface area contributed by atoms with E-state index >= 15 is 0 Å². The van der Waals surface area contributed by atoms with Crippen LogP contribution < -0.4 is 5.73 Å². The number of rotatable bonds is 1. The first-order valence-electron chi connectivity index (χ1n) is 3.18. The van der Waals surface area contributed by atoms with Gasteiger partial charge in [0.15, 0.2) is 0 Å². The monoisotopic (exact) mass is 148 g/mol. The molecule has 0 saturated carbocycles. The zero-order valence-corrected chi connectivity index (χ0v) is 5.90. The summed E-state index contributed by atoms with van der Waals surface area (Å²) in [6, 6.07) is 8.77. The van der Waals surface area contributed by atoms with Gasteiger partial charge in [-0.25, -0.2) is 0 Å². The van der Waals surface area contributed by atoms with Crippen LogP contribution in [0, 0.1) is 0 Å². The Morgan fingerprint density at radius 1 is 1.36 bits per heavy atom. The zero-order chi connectivity index (χ0) is 8.10. The molecule has 0 radical (unpaired) electrons. The van der Waals surface area contributed by atoms with Gasteiger partial charge in [0.2, 0.25) is 0 Å². The van der Waals surface area contributed by atoms with Crippen molar-refractivity contribution in [2.45, 2.75) is 0 Å². The molecule has 2 N–H and O–H groups in total. The molecule has 1 amide bonds. The first-order chi connectivity index (χ1) is 5.34. The van der Waals surface area contributed by atoms with Crippen molar-refractivity contribution in [2.24, 2.45) is 10.7 Å². The maximum absolute atomic E-state index is 11.0. The van der Waals surface area contributed by atoms with E-state index in [1.54, 1.807) is 24.3 Å². The third kappa shape index (κ3) is 1.89. The lowest BCUT2D eigenvalue weighted by atomic mass is 10.2. The Hall–Kier alpha value is -1.64. The highest BCUT2D eigenvalue weighted by molar-refractivity contribution is 5.98. The number of hydrogen-bond donors (Lipinski definition) is 1. The Kier molecular flexibility index (Phi) is 2.38. The van der Waals surface area contributed by atoms with E-state index in [0.717, 1.165) is 6.34 Å². The molecule has 1 aromatic carbocycles. The molecule has 56 valence electrons. The molecule has 0 heterocycles. The molecule has 0 saturated heterocycles. The van der Waals surface area contributed by atoms with Gasteiger partial charge in [0.1, 0.15) is 0 Å². The van der Waals surface area contributed by atoms with Gasteiger partial charge in [-0.2, -0.15) is 4.99 Å². The highest BCUT2D eigenvalue weighted by Gasteiger charge is 1.98. The largest absolute Gasteiger partial charge is 0.390 e. The van der Waals surface area contributed by atoms with Crippen molar-refractivity contribution in [3.05, 3.63) is 35.9 Å². The maximum atomic E-state index is 11.0. The highest BCUT2D eigenvalue weighted by atomic mass is 16.1. The first-order valence-corrected chi connectivity index (χ1v) is 3.18. The van der Waals surface area contributed by atoms with Gasteiger partial charge in [0.05, 0.1) is 6.34 Å². The summed E-state index contributed by atoms with van der Waals surface area (Å²) in [5.74, 6) is -0.312. The van der Waals surface area contributed by atoms with Crippen molar-refractivity contribution in [2.75, 3.05) is 0 Å². The Bertz CT molecular complexity index is 267. The van der Waals surface area contributed by atoms with Gasteiger partial charge in [0, 0.05) is 5.56 Å². The summed E-state index contributed by atoms with van der Waals surface area (Å²) < 4.78 is 0. The van der Waals surface area contributed by atoms with Crippen molar-refractivity contribution >= 4 is 12.2 Å². The molecule has 0 aromatic heterocycles. The fourth-order valence-corrected chi connectivity index (χ4v) is 0.723. The van der Waals surface area contributed by atoms with Gasteiger partial charge in [-0.05, 0) is 12.1 Å². The van der Waals surface area contributed by atoms with E-state index in [-0.39, 0.29) is 5.91 Å². The minimum absolute atomic E-state index is 0.312. The SMILES string of the molecule is NC=NC(=O)c1ccccc1. The standard InChI is InChI=1S/C8H8N2O/c9-6-10-8(11)7-4-2-1-3-5-7/h1-6H,(H2,9,10,11). The molecule has 0 aliphatic heterocycles. The van der Waals surface area contributed by atoms with Crippen LogP contribution in [0.5, 0.6) is 0 Å². The average molecular weight is 148 g/mol. The number of aliphatic imine (C=N–C) groups is 1. The van der Waals surface area contributed by atoms with Crippen molar-refractivity contribution in [3.8, 4) is 0 Å². The molecule has 0 spiro atoms.